The van der Waals surface area contributed by atoms with Crippen molar-refractivity contribution in [2.45, 2.75) is 37.2 Å². The van der Waals surface area contributed by atoms with Gasteiger partial charge in [-0.1, -0.05) is 28.4 Å². The summed E-state index contributed by atoms with van der Waals surface area (Å²) >= 11 is 11.4. The molecule has 4 heterocycles. The zero-order chi connectivity index (χ0) is 25.3. The van der Waals surface area contributed by atoms with E-state index in [-0.39, 0.29) is 24.7 Å². The van der Waals surface area contributed by atoms with Crippen molar-refractivity contribution in [2.24, 2.45) is 5.16 Å². The number of oxime groups is 1. The second kappa shape index (κ2) is 7.85. The Morgan fingerprint density at radius 2 is 1.77 bits per heavy atom. The summed E-state index contributed by atoms with van der Waals surface area (Å²) in [6.07, 6.45) is -4.40. The molecule has 0 N–H and O–H groups in total. The summed E-state index contributed by atoms with van der Waals surface area (Å²) in [4.78, 5) is 27.6. The first-order valence-electron chi connectivity index (χ1n) is 10.0. The van der Waals surface area contributed by atoms with Gasteiger partial charge in [-0.15, -0.1) is 0 Å². The van der Waals surface area contributed by atoms with Crippen molar-refractivity contribution in [2.75, 3.05) is 13.1 Å². The molecule has 2 aromatic rings. The molecule has 1 saturated heterocycles. The van der Waals surface area contributed by atoms with Gasteiger partial charge < -0.3 is 14.6 Å². The van der Waals surface area contributed by atoms with Crippen molar-refractivity contribution in [3.05, 3.63) is 56.8 Å². The summed E-state index contributed by atoms with van der Waals surface area (Å²) in [6.45, 7) is -1.41. The molecule has 1 atom stereocenters. The monoisotopic (exact) mass is 539 g/mol. The largest absolute Gasteiger partial charge is 0.435 e. The molecule has 1 aromatic heterocycles. The highest BCUT2D eigenvalue weighted by Crippen LogP contribution is 2.50. The molecule has 1 unspecified atom stereocenters. The lowest BCUT2D eigenvalue weighted by molar-refractivity contribution is -0.275. The maximum absolute atomic E-state index is 14.2. The second-order valence-corrected chi connectivity index (χ2v) is 9.21. The predicted molar refractivity (Wildman–Crippen MR) is 109 cm³/mol. The average molecular weight is 540 g/mol. The van der Waals surface area contributed by atoms with Crippen LogP contribution >= 0.6 is 23.2 Å². The summed E-state index contributed by atoms with van der Waals surface area (Å²) in [5.74, 6) is -5.14. The van der Waals surface area contributed by atoms with Crippen LogP contribution in [0.2, 0.25) is 10.0 Å². The highest BCUT2D eigenvalue weighted by atomic mass is 35.5. The smallest absolute Gasteiger partial charge is 0.372 e. The van der Waals surface area contributed by atoms with Gasteiger partial charge in [0.05, 0.1) is 41.8 Å². The van der Waals surface area contributed by atoms with E-state index in [4.69, 9.17) is 28.0 Å². The van der Waals surface area contributed by atoms with Gasteiger partial charge >= 0.3 is 6.18 Å². The maximum Gasteiger partial charge on any atom is 0.435 e. The number of aromatic nitrogens is 2. The van der Waals surface area contributed by atoms with Gasteiger partial charge in [0.1, 0.15) is 5.84 Å². The lowest BCUT2D eigenvalue weighted by atomic mass is 9.89. The number of hydrogen-bond donors (Lipinski definition) is 0. The SMILES string of the molecule is O=C(c1ncc2c(n1)CN(C1=NOC(c3cc(Cl)c(F)c(Cl)c3)(C(F)(F)F)C1)C2)N1CC(F)(F)C1. The van der Waals surface area contributed by atoms with Crippen molar-refractivity contribution in [3.63, 3.8) is 0 Å². The van der Waals surface area contributed by atoms with Gasteiger partial charge in [-0.2, -0.15) is 13.2 Å². The topological polar surface area (TPSA) is 70.9 Å². The van der Waals surface area contributed by atoms with E-state index in [1.54, 1.807) is 0 Å². The second-order valence-electron chi connectivity index (χ2n) is 8.39. The number of fused-ring (bicyclic) bond motifs is 1. The number of halogens is 8. The minimum absolute atomic E-state index is 0.0185. The minimum Gasteiger partial charge on any atom is -0.372 e. The predicted octanol–water partition coefficient (Wildman–Crippen LogP) is 4.52. The van der Waals surface area contributed by atoms with E-state index in [2.05, 4.69) is 15.1 Å². The molecular formula is C20H13Cl2F6N5O2. The number of carbonyl (C=O) groups excluding carboxylic acids is 1. The number of nitrogens with zero attached hydrogens (tertiary/aromatic N) is 5. The molecule has 0 radical (unpaired) electrons. The van der Waals surface area contributed by atoms with Crippen molar-refractivity contribution in [1.29, 1.82) is 0 Å². The molecule has 0 saturated carbocycles. The number of hydrogen-bond acceptors (Lipinski definition) is 6. The molecule has 1 amide bonds. The summed E-state index contributed by atoms with van der Waals surface area (Å²) in [6, 6.07) is 1.58. The number of alkyl halides is 5. The molecular weight excluding hydrogens is 527 g/mol. The molecule has 7 nitrogen and oxygen atoms in total. The third kappa shape index (κ3) is 3.94. The van der Waals surface area contributed by atoms with E-state index >= 15 is 0 Å². The van der Waals surface area contributed by atoms with E-state index in [0.717, 1.165) is 17.0 Å². The Balaban J connectivity index is 1.36. The summed E-state index contributed by atoms with van der Waals surface area (Å²) in [5.41, 5.74) is -2.60. The van der Waals surface area contributed by atoms with Crippen molar-refractivity contribution >= 4 is 34.9 Å². The normalized spacial score (nSPS) is 23.0. The van der Waals surface area contributed by atoms with Crippen LogP contribution < -0.4 is 0 Å². The number of rotatable bonds is 2. The van der Waals surface area contributed by atoms with Gasteiger partial charge in [-0.25, -0.2) is 23.1 Å². The molecule has 1 aromatic carbocycles. The third-order valence-corrected chi connectivity index (χ3v) is 6.52. The summed E-state index contributed by atoms with van der Waals surface area (Å²) < 4.78 is 82.5. The van der Waals surface area contributed by atoms with Gasteiger partial charge in [0.2, 0.25) is 5.82 Å². The number of likely N-dealkylation sites (tertiary alicyclic amines) is 1. The Kier molecular flexibility index (Phi) is 5.37. The fourth-order valence-corrected chi connectivity index (χ4v) is 4.57. The van der Waals surface area contributed by atoms with Crippen molar-refractivity contribution < 1.29 is 36.0 Å². The Labute approximate surface area is 203 Å². The Morgan fingerprint density at radius 3 is 2.37 bits per heavy atom. The lowest BCUT2D eigenvalue weighted by Crippen LogP contribution is -2.58. The molecule has 186 valence electrons. The van der Waals surface area contributed by atoms with Crippen LogP contribution in [0.5, 0.6) is 0 Å². The van der Waals surface area contributed by atoms with Crippen molar-refractivity contribution in [3.8, 4) is 0 Å². The van der Waals surface area contributed by atoms with Gasteiger partial charge in [-0.05, 0) is 12.1 Å². The van der Waals surface area contributed by atoms with E-state index < -0.39 is 64.5 Å². The molecule has 1 fully saturated rings. The zero-order valence-corrected chi connectivity index (χ0v) is 18.9. The van der Waals surface area contributed by atoms with Crippen LogP contribution in [0.4, 0.5) is 26.3 Å². The van der Waals surface area contributed by atoms with Crippen LogP contribution in [-0.4, -0.2) is 56.7 Å². The first-order chi connectivity index (χ1) is 16.3. The lowest BCUT2D eigenvalue weighted by Gasteiger charge is -2.38. The molecule has 0 spiro atoms. The number of carbonyl (C=O) groups is 1. The van der Waals surface area contributed by atoms with E-state index in [1.807, 2.05) is 0 Å². The molecule has 5 rings (SSSR count). The Morgan fingerprint density at radius 1 is 1.11 bits per heavy atom. The van der Waals surface area contributed by atoms with Crippen LogP contribution in [-0.2, 0) is 23.5 Å². The first-order valence-corrected chi connectivity index (χ1v) is 10.8. The highest BCUT2D eigenvalue weighted by Gasteiger charge is 2.63. The third-order valence-electron chi connectivity index (χ3n) is 5.97. The quantitative estimate of drug-likeness (QED) is 0.414. The molecule has 0 bridgehead atoms. The fourth-order valence-electron chi connectivity index (χ4n) is 4.08. The molecule has 3 aliphatic heterocycles. The van der Waals surface area contributed by atoms with Crippen LogP contribution in [0.15, 0.2) is 23.5 Å². The van der Waals surface area contributed by atoms with Crippen molar-refractivity contribution in [1.82, 2.24) is 19.8 Å². The van der Waals surface area contributed by atoms with E-state index in [9.17, 15) is 31.1 Å². The molecule has 15 heteroatoms. The van der Waals surface area contributed by atoms with Crippen LogP contribution in [0.25, 0.3) is 0 Å². The Bertz CT molecular complexity index is 1240. The molecule has 3 aliphatic rings. The van der Waals surface area contributed by atoms with Gasteiger partial charge in [0.25, 0.3) is 17.4 Å². The average Bonchev–Trinajstić information content (AvgIpc) is 3.39. The van der Waals surface area contributed by atoms with Crippen LogP contribution in [0.3, 0.4) is 0 Å². The Hall–Kier alpha value is -2.80. The summed E-state index contributed by atoms with van der Waals surface area (Å²) in [5, 5.41) is 2.43. The van der Waals surface area contributed by atoms with E-state index in [1.165, 1.54) is 11.1 Å². The number of amidine groups is 1. The number of benzene rings is 1. The fraction of sp³-hybridized carbons (Fsp3) is 0.400. The van der Waals surface area contributed by atoms with Gasteiger partial charge in [0.15, 0.2) is 5.82 Å². The number of amides is 1. The van der Waals surface area contributed by atoms with Crippen LogP contribution in [0.1, 0.15) is 33.9 Å². The van der Waals surface area contributed by atoms with Gasteiger partial charge in [-0.3, -0.25) is 4.79 Å². The maximum atomic E-state index is 14.2. The van der Waals surface area contributed by atoms with Gasteiger partial charge in [0, 0.05) is 23.9 Å². The highest BCUT2D eigenvalue weighted by molar-refractivity contribution is 6.35. The first kappa shape index (κ1) is 23.9. The zero-order valence-electron chi connectivity index (χ0n) is 17.3. The minimum atomic E-state index is -4.96. The van der Waals surface area contributed by atoms with E-state index in [0.29, 0.717) is 11.3 Å². The molecule has 0 aliphatic carbocycles. The van der Waals surface area contributed by atoms with Crippen LogP contribution in [0, 0.1) is 5.82 Å². The molecule has 35 heavy (non-hydrogen) atoms. The summed E-state index contributed by atoms with van der Waals surface area (Å²) in [7, 11) is 0. The standard InChI is InChI=1S/C20H13Cl2F6N5O2/c21-11-1-10(2-12(22)15(11)23)19(20(26,27)28)3-14(31-35-19)32-5-9-4-29-16(30-13(9)6-32)17(34)33-7-18(24,25)8-33/h1-2,4H,3,5-8H2.